The van der Waals surface area contributed by atoms with Crippen LogP contribution in [0.15, 0.2) is 61.3 Å². The van der Waals surface area contributed by atoms with Crippen molar-refractivity contribution in [1.82, 2.24) is 15.0 Å². The molecule has 2 heterocycles. The first-order chi connectivity index (χ1) is 11.7. The molecule has 0 aliphatic carbocycles. The lowest BCUT2D eigenvalue weighted by Gasteiger charge is -2.08. The molecule has 0 bridgehead atoms. The van der Waals surface area contributed by atoms with Crippen LogP contribution in [0.5, 0.6) is 11.6 Å². The molecule has 1 aromatic carbocycles. The number of benzene rings is 1. The van der Waals surface area contributed by atoms with Crippen LogP contribution < -0.4 is 10.1 Å². The standard InChI is InChI=1S/C18H12N4O2/c1-2-13-4-3-5-14(8-13)18(23)22-15-6-7-21-17(9-15)24-16-10-19-12-20-11-16/h1,3-12H,(H,21,22,23). The zero-order valence-electron chi connectivity index (χ0n) is 12.5. The van der Waals surface area contributed by atoms with Crippen LogP contribution in [0.2, 0.25) is 0 Å². The maximum Gasteiger partial charge on any atom is 0.255 e. The van der Waals surface area contributed by atoms with E-state index in [1.165, 1.54) is 24.9 Å². The Bertz CT molecular complexity index is 904. The Labute approximate surface area is 138 Å². The van der Waals surface area contributed by atoms with Gasteiger partial charge >= 0.3 is 0 Å². The van der Waals surface area contributed by atoms with Crippen LogP contribution in [-0.4, -0.2) is 20.9 Å². The third kappa shape index (κ3) is 3.72. The highest BCUT2D eigenvalue weighted by molar-refractivity contribution is 6.04. The van der Waals surface area contributed by atoms with Gasteiger partial charge in [-0.25, -0.2) is 15.0 Å². The summed E-state index contributed by atoms with van der Waals surface area (Å²) in [6.07, 6.45) is 11.3. The summed E-state index contributed by atoms with van der Waals surface area (Å²) in [6.45, 7) is 0. The Morgan fingerprint density at radius 1 is 1.17 bits per heavy atom. The van der Waals surface area contributed by atoms with Gasteiger partial charge < -0.3 is 10.1 Å². The summed E-state index contributed by atoms with van der Waals surface area (Å²) in [4.78, 5) is 24.1. The van der Waals surface area contributed by atoms with E-state index < -0.39 is 0 Å². The molecule has 0 fully saturated rings. The van der Waals surface area contributed by atoms with Crippen LogP contribution in [-0.2, 0) is 0 Å². The maximum absolute atomic E-state index is 12.3. The van der Waals surface area contributed by atoms with E-state index >= 15 is 0 Å². The molecule has 0 spiro atoms. The van der Waals surface area contributed by atoms with E-state index in [-0.39, 0.29) is 5.91 Å². The van der Waals surface area contributed by atoms with Gasteiger partial charge in [0.25, 0.3) is 5.91 Å². The van der Waals surface area contributed by atoms with Crippen LogP contribution in [0, 0.1) is 12.3 Å². The minimum Gasteiger partial charge on any atom is -0.436 e. The minimum atomic E-state index is -0.271. The summed E-state index contributed by atoms with van der Waals surface area (Å²) in [5, 5.41) is 2.78. The van der Waals surface area contributed by atoms with Crippen molar-refractivity contribution in [3.8, 4) is 24.0 Å². The van der Waals surface area contributed by atoms with Crippen molar-refractivity contribution >= 4 is 11.6 Å². The summed E-state index contributed by atoms with van der Waals surface area (Å²) in [7, 11) is 0. The van der Waals surface area contributed by atoms with Crippen LogP contribution in [0.25, 0.3) is 0 Å². The summed E-state index contributed by atoms with van der Waals surface area (Å²) < 4.78 is 5.53. The lowest BCUT2D eigenvalue weighted by Crippen LogP contribution is -2.12. The minimum absolute atomic E-state index is 0.271. The number of nitrogens with one attached hydrogen (secondary N) is 1. The lowest BCUT2D eigenvalue weighted by molar-refractivity contribution is 0.102. The summed E-state index contributed by atoms with van der Waals surface area (Å²) in [5.41, 5.74) is 1.67. The molecular formula is C18H12N4O2. The summed E-state index contributed by atoms with van der Waals surface area (Å²) >= 11 is 0. The third-order valence-electron chi connectivity index (χ3n) is 3.04. The van der Waals surface area contributed by atoms with Gasteiger partial charge in [0, 0.05) is 29.1 Å². The first-order valence-electron chi connectivity index (χ1n) is 7.01. The van der Waals surface area contributed by atoms with Crippen LogP contribution in [0.3, 0.4) is 0 Å². The van der Waals surface area contributed by atoms with Crippen molar-refractivity contribution in [3.63, 3.8) is 0 Å². The number of ether oxygens (including phenoxy) is 1. The molecule has 0 saturated carbocycles. The number of anilines is 1. The van der Waals surface area contributed by atoms with Gasteiger partial charge in [-0.1, -0.05) is 12.0 Å². The second-order valence-electron chi connectivity index (χ2n) is 4.74. The molecule has 6 nitrogen and oxygen atoms in total. The summed E-state index contributed by atoms with van der Waals surface area (Å²) in [5.74, 6) is 3.00. The second-order valence-corrected chi connectivity index (χ2v) is 4.74. The molecule has 3 rings (SSSR count). The molecule has 0 saturated heterocycles. The van der Waals surface area contributed by atoms with E-state index in [0.29, 0.717) is 28.4 Å². The zero-order valence-corrected chi connectivity index (χ0v) is 12.5. The van der Waals surface area contributed by atoms with Crippen molar-refractivity contribution in [2.45, 2.75) is 0 Å². The first-order valence-corrected chi connectivity index (χ1v) is 7.01. The molecule has 0 aliphatic heterocycles. The number of nitrogens with zero attached hydrogens (tertiary/aromatic N) is 3. The van der Waals surface area contributed by atoms with Gasteiger partial charge in [0.15, 0.2) is 5.75 Å². The Balaban J connectivity index is 1.74. The topological polar surface area (TPSA) is 77.0 Å². The molecule has 1 amide bonds. The number of carbonyl (C=O) groups excluding carboxylic acids is 1. The lowest BCUT2D eigenvalue weighted by atomic mass is 10.1. The number of pyridine rings is 1. The van der Waals surface area contributed by atoms with Gasteiger partial charge in [-0.2, -0.15) is 0 Å². The second kappa shape index (κ2) is 7.03. The van der Waals surface area contributed by atoms with E-state index in [4.69, 9.17) is 11.2 Å². The van der Waals surface area contributed by atoms with Crippen LogP contribution in [0.4, 0.5) is 5.69 Å². The first kappa shape index (κ1) is 15.2. The van der Waals surface area contributed by atoms with Crippen LogP contribution >= 0.6 is 0 Å². The van der Waals surface area contributed by atoms with Crippen molar-refractivity contribution < 1.29 is 9.53 Å². The van der Waals surface area contributed by atoms with Gasteiger partial charge in [0.05, 0.1) is 12.4 Å². The number of aromatic nitrogens is 3. The molecule has 0 aliphatic rings. The molecule has 1 N–H and O–H groups in total. The Morgan fingerprint density at radius 2 is 2.00 bits per heavy atom. The average molecular weight is 316 g/mol. The fraction of sp³-hybridized carbons (Fsp3) is 0. The SMILES string of the molecule is C#Cc1cccc(C(=O)Nc2ccnc(Oc3cncnc3)c2)c1. The molecular weight excluding hydrogens is 304 g/mol. The molecule has 0 radical (unpaired) electrons. The normalized spacial score (nSPS) is 9.79. The van der Waals surface area contributed by atoms with Gasteiger partial charge in [-0.05, 0) is 24.3 Å². The predicted molar refractivity (Wildman–Crippen MR) is 88.7 cm³/mol. The molecule has 6 heteroatoms. The Kier molecular flexibility index (Phi) is 4.45. The zero-order chi connectivity index (χ0) is 16.8. The van der Waals surface area contributed by atoms with Gasteiger partial charge in [0.2, 0.25) is 5.88 Å². The number of terminal acetylenes is 1. The number of hydrogen-bond donors (Lipinski definition) is 1. The fourth-order valence-corrected chi connectivity index (χ4v) is 1.96. The van der Waals surface area contributed by atoms with Crippen molar-refractivity contribution in [1.29, 1.82) is 0 Å². The predicted octanol–water partition coefficient (Wildman–Crippen LogP) is 2.90. The molecule has 0 atom stereocenters. The quantitative estimate of drug-likeness (QED) is 0.749. The van der Waals surface area contributed by atoms with E-state index in [1.54, 1.807) is 36.4 Å². The van der Waals surface area contributed by atoms with E-state index in [1.807, 2.05) is 0 Å². The van der Waals surface area contributed by atoms with Crippen molar-refractivity contribution in [2.24, 2.45) is 0 Å². The molecule has 3 aromatic rings. The summed E-state index contributed by atoms with van der Waals surface area (Å²) in [6, 6.07) is 10.1. The smallest absolute Gasteiger partial charge is 0.255 e. The molecule has 2 aromatic heterocycles. The highest BCUT2D eigenvalue weighted by Gasteiger charge is 2.08. The molecule has 24 heavy (non-hydrogen) atoms. The number of carbonyl (C=O) groups is 1. The van der Waals surface area contributed by atoms with Gasteiger partial charge in [-0.15, -0.1) is 6.42 Å². The van der Waals surface area contributed by atoms with Crippen LogP contribution in [0.1, 0.15) is 15.9 Å². The third-order valence-corrected chi connectivity index (χ3v) is 3.04. The van der Waals surface area contributed by atoms with Gasteiger partial charge in [0.1, 0.15) is 6.33 Å². The number of rotatable bonds is 4. The maximum atomic E-state index is 12.3. The number of hydrogen-bond acceptors (Lipinski definition) is 5. The molecule has 0 unspecified atom stereocenters. The van der Waals surface area contributed by atoms with E-state index in [2.05, 4.69) is 26.2 Å². The highest BCUT2D eigenvalue weighted by Crippen LogP contribution is 2.20. The highest BCUT2D eigenvalue weighted by atomic mass is 16.5. The number of amides is 1. The fourth-order valence-electron chi connectivity index (χ4n) is 1.96. The van der Waals surface area contributed by atoms with E-state index in [0.717, 1.165) is 0 Å². The molecule has 116 valence electrons. The Hall–Kier alpha value is -3.72. The Morgan fingerprint density at radius 3 is 2.79 bits per heavy atom. The van der Waals surface area contributed by atoms with Crippen molar-refractivity contribution in [2.75, 3.05) is 5.32 Å². The van der Waals surface area contributed by atoms with E-state index in [9.17, 15) is 4.79 Å². The van der Waals surface area contributed by atoms with Gasteiger partial charge in [-0.3, -0.25) is 4.79 Å². The van der Waals surface area contributed by atoms with Crippen molar-refractivity contribution in [3.05, 3.63) is 72.4 Å². The largest absolute Gasteiger partial charge is 0.436 e. The monoisotopic (exact) mass is 316 g/mol. The average Bonchev–Trinajstić information content (AvgIpc) is 2.63.